The van der Waals surface area contributed by atoms with Gasteiger partial charge in [-0.25, -0.2) is 9.78 Å². The number of imidazole rings is 1. The number of methoxy groups -OCH3 is 1. The second kappa shape index (κ2) is 8.15. The first kappa shape index (κ1) is 17.5. The van der Waals surface area contributed by atoms with Crippen molar-refractivity contribution in [2.75, 3.05) is 7.11 Å². The van der Waals surface area contributed by atoms with E-state index in [9.17, 15) is 4.79 Å². The molecule has 2 aromatic heterocycles. The lowest BCUT2D eigenvalue weighted by atomic mass is 10.0. The van der Waals surface area contributed by atoms with E-state index in [0.29, 0.717) is 18.1 Å². The van der Waals surface area contributed by atoms with Crippen molar-refractivity contribution >= 4 is 6.03 Å². The first-order valence-electron chi connectivity index (χ1n) is 8.23. The average molecular weight is 351 g/mol. The number of para-hydroxylation sites is 1. The predicted molar refractivity (Wildman–Crippen MR) is 97.7 cm³/mol. The number of pyridine rings is 1. The highest BCUT2D eigenvalue weighted by Crippen LogP contribution is 2.28. The molecule has 134 valence electrons. The van der Waals surface area contributed by atoms with Crippen LogP contribution in [0.3, 0.4) is 0 Å². The highest BCUT2D eigenvalue weighted by Gasteiger charge is 2.23. The molecule has 26 heavy (non-hydrogen) atoms. The molecule has 7 nitrogen and oxygen atoms in total. The minimum absolute atomic E-state index is 0.311. The van der Waals surface area contributed by atoms with E-state index < -0.39 is 6.04 Å². The molecule has 3 rings (SSSR count). The lowest BCUT2D eigenvalue weighted by Crippen LogP contribution is -2.39. The summed E-state index contributed by atoms with van der Waals surface area (Å²) in [7, 11) is 3.49. The molecule has 0 radical (unpaired) electrons. The minimum Gasteiger partial charge on any atom is -0.496 e. The lowest BCUT2D eigenvalue weighted by Gasteiger charge is -2.21. The summed E-state index contributed by atoms with van der Waals surface area (Å²) in [5, 5.41) is 5.81. The maximum Gasteiger partial charge on any atom is 0.315 e. The Hall–Kier alpha value is -3.35. The Labute approximate surface area is 152 Å². The van der Waals surface area contributed by atoms with Gasteiger partial charge in [0.15, 0.2) is 0 Å². The van der Waals surface area contributed by atoms with Crippen LogP contribution in [0.15, 0.2) is 61.1 Å². The molecule has 0 saturated heterocycles. The number of urea groups is 1. The van der Waals surface area contributed by atoms with Gasteiger partial charge in [0, 0.05) is 31.2 Å². The molecule has 3 aromatic rings. The van der Waals surface area contributed by atoms with Crippen LogP contribution in [-0.4, -0.2) is 27.7 Å². The van der Waals surface area contributed by atoms with Gasteiger partial charge in [0.1, 0.15) is 17.6 Å². The van der Waals surface area contributed by atoms with E-state index in [1.165, 1.54) is 0 Å². The summed E-state index contributed by atoms with van der Waals surface area (Å²) in [6.07, 6.45) is 5.23. The van der Waals surface area contributed by atoms with E-state index in [4.69, 9.17) is 4.74 Å². The zero-order valence-corrected chi connectivity index (χ0v) is 14.7. The highest BCUT2D eigenvalue weighted by molar-refractivity contribution is 5.75. The molecule has 1 atom stereocenters. The van der Waals surface area contributed by atoms with Crippen LogP contribution >= 0.6 is 0 Å². The molecular weight excluding hydrogens is 330 g/mol. The molecule has 0 fully saturated rings. The SMILES string of the molecule is COc1ccccc1C(NC(=O)NCc1ccccn1)c1nccn1C. The van der Waals surface area contributed by atoms with Crippen LogP contribution < -0.4 is 15.4 Å². The Morgan fingerprint density at radius 1 is 1.15 bits per heavy atom. The zero-order valence-electron chi connectivity index (χ0n) is 14.7. The molecule has 0 saturated carbocycles. The number of carbonyl (C=O) groups is 1. The van der Waals surface area contributed by atoms with E-state index in [1.807, 2.05) is 60.3 Å². The Morgan fingerprint density at radius 3 is 2.65 bits per heavy atom. The molecule has 0 bridgehead atoms. The van der Waals surface area contributed by atoms with Gasteiger partial charge in [-0.2, -0.15) is 0 Å². The molecular formula is C19H21N5O2. The van der Waals surface area contributed by atoms with Crippen LogP contribution in [0.2, 0.25) is 0 Å². The summed E-state index contributed by atoms with van der Waals surface area (Å²) < 4.78 is 7.33. The van der Waals surface area contributed by atoms with Crippen molar-refractivity contribution in [3.63, 3.8) is 0 Å². The monoisotopic (exact) mass is 351 g/mol. The van der Waals surface area contributed by atoms with Gasteiger partial charge in [-0.15, -0.1) is 0 Å². The first-order valence-corrected chi connectivity index (χ1v) is 8.23. The fraction of sp³-hybridized carbons (Fsp3) is 0.211. The van der Waals surface area contributed by atoms with Crippen LogP contribution in [0.5, 0.6) is 5.75 Å². The van der Waals surface area contributed by atoms with Crippen molar-refractivity contribution in [3.05, 3.63) is 78.1 Å². The largest absolute Gasteiger partial charge is 0.496 e. The number of benzene rings is 1. The van der Waals surface area contributed by atoms with Crippen LogP contribution in [0.4, 0.5) is 4.79 Å². The molecule has 0 aliphatic carbocycles. The molecule has 2 amide bonds. The molecule has 7 heteroatoms. The fourth-order valence-electron chi connectivity index (χ4n) is 2.70. The quantitative estimate of drug-likeness (QED) is 0.715. The van der Waals surface area contributed by atoms with Gasteiger partial charge in [-0.05, 0) is 18.2 Å². The summed E-state index contributed by atoms with van der Waals surface area (Å²) in [5.74, 6) is 1.40. The molecule has 1 aromatic carbocycles. The first-order chi connectivity index (χ1) is 12.7. The Bertz CT molecular complexity index is 863. The summed E-state index contributed by atoms with van der Waals surface area (Å²) in [4.78, 5) is 21.1. The third-order valence-electron chi connectivity index (χ3n) is 4.00. The maximum atomic E-state index is 12.5. The van der Waals surface area contributed by atoms with Crippen LogP contribution in [0.1, 0.15) is 23.1 Å². The number of rotatable bonds is 6. The Kier molecular flexibility index (Phi) is 5.48. The molecule has 0 aliphatic heterocycles. The van der Waals surface area contributed by atoms with Gasteiger partial charge in [0.05, 0.1) is 19.3 Å². The van der Waals surface area contributed by atoms with E-state index in [-0.39, 0.29) is 6.03 Å². The number of nitrogens with one attached hydrogen (secondary N) is 2. The van der Waals surface area contributed by atoms with E-state index in [1.54, 1.807) is 19.5 Å². The van der Waals surface area contributed by atoms with Crippen molar-refractivity contribution in [1.82, 2.24) is 25.2 Å². The number of hydrogen-bond donors (Lipinski definition) is 2. The van der Waals surface area contributed by atoms with E-state index in [0.717, 1.165) is 11.3 Å². The molecule has 2 heterocycles. The lowest BCUT2D eigenvalue weighted by molar-refractivity contribution is 0.237. The third kappa shape index (κ3) is 4.00. The zero-order chi connectivity index (χ0) is 18.4. The van der Waals surface area contributed by atoms with Crippen LogP contribution in [0.25, 0.3) is 0 Å². The van der Waals surface area contributed by atoms with E-state index in [2.05, 4.69) is 20.6 Å². The van der Waals surface area contributed by atoms with Crippen molar-refractivity contribution in [1.29, 1.82) is 0 Å². The molecule has 0 aliphatic rings. The number of ether oxygens (including phenoxy) is 1. The second-order valence-corrected chi connectivity index (χ2v) is 5.72. The van der Waals surface area contributed by atoms with Crippen molar-refractivity contribution < 1.29 is 9.53 Å². The van der Waals surface area contributed by atoms with Gasteiger partial charge in [-0.1, -0.05) is 24.3 Å². The van der Waals surface area contributed by atoms with Gasteiger partial charge in [0.2, 0.25) is 0 Å². The van der Waals surface area contributed by atoms with Gasteiger partial charge in [-0.3, -0.25) is 4.98 Å². The topological polar surface area (TPSA) is 81.1 Å². The third-order valence-corrected chi connectivity index (χ3v) is 4.00. The molecule has 1 unspecified atom stereocenters. The summed E-state index contributed by atoms with van der Waals surface area (Å²) in [6, 6.07) is 12.4. The van der Waals surface area contributed by atoms with Gasteiger partial charge in [0.25, 0.3) is 0 Å². The number of aryl methyl sites for hydroxylation is 1. The Balaban J connectivity index is 1.80. The second-order valence-electron chi connectivity index (χ2n) is 5.72. The van der Waals surface area contributed by atoms with Gasteiger partial charge < -0.3 is 19.9 Å². The molecule has 0 spiro atoms. The summed E-state index contributed by atoms with van der Waals surface area (Å²) in [6.45, 7) is 0.339. The number of hydrogen-bond acceptors (Lipinski definition) is 4. The van der Waals surface area contributed by atoms with Crippen LogP contribution in [-0.2, 0) is 13.6 Å². The van der Waals surface area contributed by atoms with Gasteiger partial charge >= 0.3 is 6.03 Å². The Morgan fingerprint density at radius 2 is 1.96 bits per heavy atom. The summed E-state index contributed by atoms with van der Waals surface area (Å²) in [5.41, 5.74) is 1.62. The number of nitrogens with zero attached hydrogens (tertiary/aromatic N) is 3. The van der Waals surface area contributed by atoms with E-state index >= 15 is 0 Å². The normalized spacial score (nSPS) is 11.6. The van der Waals surface area contributed by atoms with Crippen molar-refractivity contribution in [2.45, 2.75) is 12.6 Å². The summed E-state index contributed by atoms with van der Waals surface area (Å²) >= 11 is 0. The molecule has 2 N–H and O–H groups in total. The number of carbonyl (C=O) groups excluding carboxylic acids is 1. The predicted octanol–water partition coefficient (Wildman–Crippen LogP) is 2.41. The number of aromatic nitrogens is 3. The van der Waals surface area contributed by atoms with Crippen molar-refractivity contribution in [2.24, 2.45) is 7.05 Å². The average Bonchev–Trinajstić information content (AvgIpc) is 3.11. The minimum atomic E-state index is -0.449. The number of amides is 2. The van der Waals surface area contributed by atoms with Crippen molar-refractivity contribution in [3.8, 4) is 5.75 Å². The standard InChI is InChI=1S/C19H21N5O2/c1-24-12-11-21-18(24)17(15-8-3-4-9-16(15)26-2)23-19(25)22-13-14-7-5-6-10-20-14/h3-12,17H,13H2,1-2H3,(H2,22,23,25). The smallest absolute Gasteiger partial charge is 0.315 e. The van der Waals surface area contributed by atoms with Crippen LogP contribution in [0, 0.1) is 0 Å². The highest BCUT2D eigenvalue weighted by atomic mass is 16.5. The maximum absolute atomic E-state index is 12.5. The fourth-order valence-corrected chi connectivity index (χ4v) is 2.70.